The topological polar surface area (TPSA) is 102 Å². The van der Waals surface area contributed by atoms with Gasteiger partial charge in [0.05, 0.1) is 52.4 Å². The highest BCUT2D eigenvalue weighted by Gasteiger charge is 2.58. The molecule has 2 unspecified atom stereocenters. The number of thioether (sulfide) groups is 1. The van der Waals surface area contributed by atoms with Gasteiger partial charge in [-0.05, 0) is 45.7 Å². The van der Waals surface area contributed by atoms with Gasteiger partial charge in [-0.1, -0.05) is 24.8 Å². The van der Waals surface area contributed by atoms with Crippen molar-refractivity contribution in [1.29, 1.82) is 5.26 Å². The zero-order chi connectivity index (χ0) is 33.8. The number of allylic oxidation sites excluding steroid dienone is 1. The second-order valence-corrected chi connectivity index (χ2v) is 14.9. The van der Waals surface area contributed by atoms with Crippen LogP contribution in [0.1, 0.15) is 43.0 Å². The van der Waals surface area contributed by atoms with Crippen molar-refractivity contribution in [3.05, 3.63) is 71.7 Å². The summed E-state index contributed by atoms with van der Waals surface area (Å²) in [7, 11) is 1.96. The molecule has 0 bridgehead atoms. The van der Waals surface area contributed by atoms with E-state index in [4.69, 9.17) is 14.7 Å². The number of alkyl halides is 1. The van der Waals surface area contributed by atoms with Gasteiger partial charge in [-0.15, -0.1) is 11.8 Å². The summed E-state index contributed by atoms with van der Waals surface area (Å²) < 4.78 is 34.7. The number of halogens is 2. The first-order valence-corrected chi connectivity index (χ1v) is 17.1. The van der Waals surface area contributed by atoms with Crippen LogP contribution in [-0.4, -0.2) is 86.3 Å². The summed E-state index contributed by atoms with van der Waals surface area (Å²) in [4.78, 5) is 34.2. The number of anilines is 2. The lowest BCUT2D eigenvalue weighted by atomic mass is 10.0. The number of aryl methyl sites for hydroxylation is 1. The Bertz CT molecular complexity index is 1870. The molecule has 5 heterocycles. The fourth-order valence-electron chi connectivity index (χ4n) is 6.77. The summed E-state index contributed by atoms with van der Waals surface area (Å²) >= 11 is 1.74. The van der Waals surface area contributed by atoms with E-state index in [0.717, 1.165) is 33.3 Å². The molecule has 3 aliphatic heterocycles. The van der Waals surface area contributed by atoms with Crippen LogP contribution in [0.4, 0.5) is 20.3 Å². The third-order valence-electron chi connectivity index (χ3n) is 9.92. The van der Waals surface area contributed by atoms with Crippen molar-refractivity contribution in [3.8, 4) is 12.1 Å². The van der Waals surface area contributed by atoms with Crippen LogP contribution in [0.3, 0.4) is 0 Å². The molecular weight excluding hydrogens is 635 g/mol. The van der Waals surface area contributed by atoms with Crippen LogP contribution < -0.4 is 14.5 Å². The van der Waals surface area contributed by atoms with Gasteiger partial charge in [0.15, 0.2) is 5.83 Å². The molecule has 10 nitrogen and oxygen atoms in total. The summed E-state index contributed by atoms with van der Waals surface area (Å²) in [5.74, 6) is -1.29. The highest BCUT2D eigenvalue weighted by atomic mass is 32.2. The van der Waals surface area contributed by atoms with Crippen molar-refractivity contribution in [1.82, 2.24) is 24.8 Å². The fourth-order valence-corrected chi connectivity index (χ4v) is 7.91. The molecule has 7 rings (SSSR count). The average Bonchev–Trinajstić information content (AvgIpc) is 3.98. The van der Waals surface area contributed by atoms with E-state index >= 15 is 0 Å². The molecule has 2 atom stereocenters. The number of ether oxygens (including phenoxy) is 1. The number of amides is 1. The molecule has 0 radical (unpaired) electrons. The van der Waals surface area contributed by atoms with E-state index in [9.17, 15) is 18.8 Å². The van der Waals surface area contributed by atoms with Crippen molar-refractivity contribution in [2.75, 3.05) is 49.6 Å². The third-order valence-corrected chi connectivity index (χ3v) is 11.6. The fraction of sp³-hybridized carbons (Fsp3) is 0.457. The van der Waals surface area contributed by atoms with Crippen LogP contribution in [-0.2, 0) is 17.8 Å². The molecule has 48 heavy (non-hydrogen) atoms. The molecule has 250 valence electrons. The van der Waals surface area contributed by atoms with Gasteiger partial charge in [0.1, 0.15) is 18.1 Å². The Morgan fingerprint density at radius 3 is 2.81 bits per heavy atom. The molecule has 4 aliphatic rings. The van der Waals surface area contributed by atoms with Gasteiger partial charge < -0.3 is 19.4 Å². The van der Waals surface area contributed by atoms with E-state index < -0.39 is 17.4 Å². The second-order valence-electron chi connectivity index (χ2n) is 13.2. The van der Waals surface area contributed by atoms with Gasteiger partial charge in [0.2, 0.25) is 0 Å². The lowest BCUT2D eigenvalue weighted by Crippen LogP contribution is -2.43. The number of hydrogen-bond acceptors (Lipinski definition) is 10. The third kappa shape index (κ3) is 6.07. The molecule has 1 saturated heterocycles. The van der Waals surface area contributed by atoms with E-state index in [2.05, 4.69) is 53.4 Å². The molecule has 1 aliphatic carbocycles. The maximum absolute atomic E-state index is 14.5. The number of rotatable bonds is 10. The Hall–Kier alpha value is -4.28. The van der Waals surface area contributed by atoms with E-state index in [1.165, 1.54) is 4.90 Å². The number of benzene rings is 1. The van der Waals surface area contributed by atoms with E-state index in [1.807, 2.05) is 30.4 Å². The summed E-state index contributed by atoms with van der Waals surface area (Å²) in [6, 6.07) is 8.51. The number of carbonyl (C=O) groups excluding carboxylic acids is 1. The minimum Gasteiger partial charge on any atom is -0.462 e. The Labute approximate surface area is 283 Å². The molecule has 13 heteroatoms. The van der Waals surface area contributed by atoms with E-state index in [0.29, 0.717) is 63.6 Å². The monoisotopic (exact) mass is 672 g/mol. The molecule has 0 N–H and O–H groups in total. The summed E-state index contributed by atoms with van der Waals surface area (Å²) in [5, 5.41) is 11.9. The van der Waals surface area contributed by atoms with Crippen molar-refractivity contribution in [2.24, 2.45) is 0 Å². The van der Waals surface area contributed by atoms with Crippen LogP contribution in [0.25, 0.3) is 10.8 Å². The maximum Gasteiger partial charge on any atom is 0.318 e. The van der Waals surface area contributed by atoms with Gasteiger partial charge in [-0.3, -0.25) is 14.7 Å². The van der Waals surface area contributed by atoms with Crippen molar-refractivity contribution >= 4 is 39.9 Å². The quantitative estimate of drug-likeness (QED) is 0.205. The lowest BCUT2D eigenvalue weighted by molar-refractivity contribution is -0.126. The SMILES string of the molecule is C=C(F)C(=O)N1CCN(c2nc(OCC3SC3(C)N(C)CC3(F)CC3)nc3c2CCN(c2cncc4cccc(C)c24)C3)C=C1CC#N. The molecule has 2 fully saturated rings. The predicted molar refractivity (Wildman–Crippen MR) is 182 cm³/mol. The van der Waals surface area contributed by atoms with Crippen LogP contribution in [0.15, 0.2) is 54.9 Å². The first kappa shape index (κ1) is 32.3. The molecule has 3 aromatic rings. The summed E-state index contributed by atoms with van der Waals surface area (Å²) in [5.41, 5.74) is 3.26. The van der Waals surface area contributed by atoms with Crippen LogP contribution in [0.2, 0.25) is 0 Å². The number of hydrogen-bond donors (Lipinski definition) is 0. The Morgan fingerprint density at radius 2 is 2.06 bits per heavy atom. The highest BCUT2D eigenvalue weighted by Crippen LogP contribution is 2.56. The predicted octanol–water partition coefficient (Wildman–Crippen LogP) is 5.43. The van der Waals surface area contributed by atoms with Gasteiger partial charge in [-0.2, -0.15) is 15.2 Å². The van der Waals surface area contributed by atoms with Gasteiger partial charge >= 0.3 is 6.01 Å². The Kier molecular flexibility index (Phi) is 8.28. The van der Waals surface area contributed by atoms with Crippen molar-refractivity contribution in [2.45, 2.75) is 61.9 Å². The first-order chi connectivity index (χ1) is 23.0. The van der Waals surface area contributed by atoms with Crippen molar-refractivity contribution < 1.29 is 18.3 Å². The van der Waals surface area contributed by atoms with Gasteiger partial charge in [-0.25, -0.2) is 8.78 Å². The zero-order valence-corrected chi connectivity index (χ0v) is 28.2. The molecule has 2 aromatic heterocycles. The minimum atomic E-state index is -1.07. The highest BCUT2D eigenvalue weighted by molar-refractivity contribution is 8.08. The number of nitriles is 1. The molecule has 1 amide bonds. The number of pyridine rings is 1. The van der Waals surface area contributed by atoms with Crippen molar-refractivity contribution in [3.63, 3.8) is 0 Å². The molecule has 1 aromatic carbocycles. The van der Waals surface area contributed by atoms with Crippen LogP contribution in [0.5, 0.6) is 6.01 Å². The molecular formula is C35H38F2N8O2S. The standard InChI is InChI=1S/C35H38F2N8O2S/c1-22-6-5-7-24-16-39-17-28(30(22)24)43-13-9-26-27(19-43)40-33(47-20-29-34(3,48-29)42(4)21-35(37)10-11-35)41-31(26)44-14-15-45(32(46)23(2)36)25(18-44)8-12-38/h5-7,16-18,29H,2,8-11,13-15,19-21H2,1,3-4H3. The van der Waals surface area contributed by atoms with Crippen LogP contribution >= 0.6 is 11.8 Å². The largest absolute Gasteiger partial charge is 0.462 e. The van der Waals surface area contributed by atoms with Gasteiger partial charge in [0, 0.05) is 54.9 Å². The normalized spacial score (nSPS) is 22.6. The van der Waals surface area contributed by atoms with Gasteiger partial charge in [0.25, 0.3) is 5.91 Å². The molecule has 1 saturated carbocycles. The van der Waals surface area contributed by atoms with E-state index in [1.54, 1.807) is 18.0 Å². The Morgan fingerprint density at radius 1 is 1.25 bits per heavy atom. The number of carbonyl (C=O) groups is 1. The summed E-state index contributed by atoms with van der Waals surface area (Å²) in [6.07, 6.45) is 7.26. The Balaban J connectivity index is 1.20. The second kappa shape index (κ2) is 12.3. The zero-order valence-electron chi connectivity index (χ0n) is 27.4. The smallest absolute Gasteiger partial charge is 0.318 e. The minimum absolute atomic E-state index is 0.0848. The number of fused-ring (bicyclic) bond motifs is 2. The lowest BCUT2D eigenvalue weighted by Gasteiger charge is -2.36. The maximum atomic E-state index is 14.5. The number of aromatic nitrogens is 3. The van der Waals surface area contributed by atoms with Crippen LogP contribution in [0, 0.1) is 18.3 Å². The number of nitrogens with zero attached hydrogens (tertiary/aromatic N) is 8. The van der Waals surface area contributed by atoms with E-state index in [-0.39, 0.29) is 29.1 Å². The first-order valence-electron chi connectivity index (χ1n) is 16.2. The molecule has 0 spiro atoms. The summed E-state index contributed by atoms with van der Waals surface area (Å²) in [6.45, 7) is 9.84. The average molecular weight is 673 g/mol.